The summed E-state index contributed by atoms with van der Waals surface area (Å²) in [5.74, 6) is -0.261. The maximum Gasteiger partial charge on any atom is 0.251 e. The largest absolute Gasteiger partial charge is 0.356 e. The van der Waals surface area contributed by atoms with Gasteiger partial charge in [0.25, 0.3) is 5.91 Å². The molecule has 0 aliphatic carbocycles. The van der Waals surface area contributed by atoms with Crippen LogP contribution < -0.4 is 16.4 Å². The van der Waals surface area contributed by atoms with Gasteiger partial charge in [-0.3, -0.25) is 9.59 Å². The highest BCUT2D eigenvalue weighted by Gasteiger charge is 2.06. The summed E-state index contributed by atoms with van der Waals surface area (Å²) >= 11 is 3.31. The first-order valence-corrected chi connectivity index (χ1v) is 7.34. The lowest BCUT2D eigenvalue weighted by Crippen LogP contribution is -2.32. The lowest BCUT2D eigenvalue weighted by molar-refractivity contribution is -0.120. The number of carbonyl (C=O) groups is 2. The van der Waals surface area contributed by atoms with Gasteiger partial charge in [0.2, 0.25) is 5.91 Å². The van der Waals surface area contributed by atoms with Crippen molar-refractivity contribution in [2.75, 3.05) is 13.1 Å². The van der Waals surface area contributed by atoms with Crippen LogP contribution in [0.15, 0.2) is 28.7 Å². The molecular formula is C14H20BrN3O2. The molecule has 1 unspecified atom stereocenters. The molecule has 5 nitrogen and oxygen atoms in total. The first kappa shape index (κ1) is 16.7. The van der Waals surface area contributed by atoms with Gasteiger partial charge in [-0.15, -0.1) is 0 Å². The van der Waals surface area contributed by atoms with E-state index in [0.717, 1.165) is 10.9 Å². The van der Waals surface area contributed by atoms with E-state index in [2.05, 4.69) is 26.6 Å². The topological polar surface area (TPSA) is 84.2 Å². The molecule has 1 atom stereocenters. The van der Waals surface area contributed by atoms with Crippen molar-refractivity contribution in [3.8, 4) is 0 Å². The molecule has 0 saturated heterocycles. The smallest absolute Gasteiger partial charge is 0.251 e. The molecular weight excluding hydrogens is 322 g/mol. The molecule has 0 fully saturated rings. The van der Waals surface area contributed by atoms with Crippen LogP contribution in [0, 0.1) is 0 Å². The van der Waals surface area contributed by atoms with Crippen LogP contribution >= 0.6 is 15.9 Å². The fraction of sp³-hybridized carbons (Fsp3) is 0.429. The van der Waals surface area contributed by atoms with E-state index in [4.69, 9.17) is 5.73 Å². The van der Waals surface area contributed by atoms with Crippen LogP contribution in [0.1, 0.15) is 30.1 Å². The molecule has 1 aromatic carbocycles. The molecule has 0 heterocycles. The fourth-order valence-corrected chi connectivity index (χ4v) is 1.78. The minimum absolute atomic E-state index is 0.0763. The molecule has 0 saturated carbocycles. The molecule has 4 N–H and O–H groups in total. The number of amides is 2. The Morgan fingerprint density at radius 1 is 1.20 bits per heavy atom. The Balaban J connectivity index is 2.21. The number of carbonyl (C=O) groups excluding carboxylic acids is 2. The van der Waals surface area contributed by atoms with Gasteiger partial charge in [-0.25, -0.2) is 0 Å². The summed E-state index contributed by atoms with van der Waals surface area (Å²) in [7, 11) is 0. The molecule has 0 bridgehead atoms. The Kier molecular flexibility index (Phi) is 7.25. The van der Waals surface area contributed by atoms with Crippen molar-refractivity contribution in [2.45, 2.75) is 25.8 Å². The molecule has 1 rings (SSSR count). The highest BCUT2D eigenvalue weighted by molar-refractivity contribution is 9.10. The minimum Gasteiger partial charge on any atom is -0.356 e. The zero-order valence-electron chi connectivity index (χ0n) is 11.5. The monoisotopic (exact) mass is 341 g/mol. The van der Waals surface area contributed by atoms with Gasteiger partial charge in [0, 0.05) is 35.6 Å². The van der Waals surface area contributed by atoms with Gasteiger partial charge >= 0.3 is 0 Å². The standard InChI is InChI=1S/C14H20BrN3O2/c1-10(16)6-8-17-13(19)7-9-18-14(20)11-2-4-12(15)5-3-11/h2-5,10H,6-9,16H2,1H3,(H,17,19)(H,18,20). The first-order valence-electron chi connectivity index (χ1n) is 6.55. The van der Waals surface area contributed by atoms with Crippen molar-refractivity contribution in [3.05, 3.63) is 34.3 Å². The second kappa shape index (κ2) is 8.71. The van der Waals surface area contributed by atoms with E-state index in [-0.39, 0.29) is 24.3 Å². The van der Waals surface area contributed by atoms with E-state index < -0.39 is 0 Å². The number of halogens is 1. The van der Waals surface area contributed by atoms with Crippen LogP contribution in [0.2, 0.25) is 0 Å². The van der Waals surface area contributed by atoms with E-state index in [1.54, 1.807) is 24.3 Å². The Morgan fingerprint density at radius 2 is 1.85 bits per heavy atom. The summed E-state index contributed by atoms with van der Waals surface area (Å²) in [6, 6.07) is 7.13. The molecule has 6 heteroatoms. The summed E-state index contributed by atoms with van der Waals surface area (Å²) in [5.41, 5.74) is 6.16. The van der Waals surface area contributed by atoms with E-state index >= 15 is 0 Å². The van der Waals surface area contributed by atoms with Crippen LogP contribution in [0.25, 0.3) is 0 Å². The molecule has 0 aliphatic rings. The third kappa shape index (κ3) is 6.68. The van der Waals surface area contributed by atoms with Crippen LogP contribution in [0.5, 0.6) is 0 Å². The molecule has 20 heavy (non-hydrogen) atoms. The number of benzene rings is 1. The zero-order chi connectivity index (χ0) is 15.0. The molecule has 2 amide bonds. The number of hydrogen-bond donors (Lipinski definition) is 3. The lowest BCUT2D eigenvalue weighted by atomic mass is 10.2. The van der Waals surface area contributed by atoms with Gasteiger partial charge in [0.1, 0.15) is 0 Å². The minimum atomic E-state index is -0.180. The van der Waals surface area contributed by atoms with E-state index in [9.17, 15) is 9.59 Å². The van der Waals surface area contributed by atoms with Gasteiger partial charge in [-0.2, -0.15) is 0 Å². The van der Waals surface area contributed by atoms with E-state index in [1.807, 2.05) is 6.92 Å². The highest BCUT2D eigenvalue weighted by Crippen LogP contribution is 2.10. The van der Waals surface area contributed by atoms with Gasteiger partial charge in [0.05, 0.1) is 0 Å². The summed E-state index contributed by atoms with van der Waals surface area (Å²) in [6.45, 7) is 2.78. The Labute approximate surface area is 127 Å². The normalized spacial score (nSPS) is 11.8. The third-order valence-corrected chi connectivity index (χ3v) is 3.19. The summed E-state index contributed by atoms with van der Waals surface area (Å²) in [6.07, 6.45) is 1.01. The van der Waals surface area contributed by atoms with Gasteiger partial charge in [0.15, 0.2) is 0 Å². The van der Waals surface area contributed by atoms with E-state index in [1.165, 1.54) is 0 Å². The second-order valence-electron chi connectivity index (χ2n) is 4.63. The van der Waals surface area contributed by atoms with Crippen LogP contribution in [0.3, 0.4) is 0 Å². The molecule has 0 spiro atoms. The maximum absolute atomic E-state index is 11.8. The molecule has 0 radical (unpaired) electrons. The van der Waals surface area contributed by atoms with Gasteiger partial charge in [-0.1, -0.05) is 15.9 Å². The van der Waals surface area contributed by atoms with E-state index in [0.29, 0.717) is 18.7 Å². The fourth-order valence-electron chi connectivity index (χ4n) is 1.52. The Bertz CT molecular complexity index is 446. The quantitative estimate of drug-likeness (QED) is 0.701. The predicted molar refractivity (Wildman–Crippen MR) is 82.4 cm³/mol. The summed E-state index contributed by atoms with van der Waals surface area (Å²) in [5, 5.41) is 5.47. The maximum atomic E-state index is 11.8. The Morgan fingerprint density at radius 3 is 2.45 bits per heavy atom. The first-order chi connectivity index (χ1) is 9.49. The second-order valence-corrected chi connectivity index (χ2v) is 5.54. The van der Waals surface area contributed by atoms with Gasteiger partial charge < -0.3 is 16.4 Å². The number of nitrogens with one attached hydrogen (secondary N) is 2. The average molecular weight is 342 g/mol. The summed E-state index contributed by atoms with van der Waals surface area (Å²) in [4.78, 5) is 23.2. The van der Waals surface area contributed by atoms with Crippen LogP contribution in [-0.4, -0.2) is 30.9 Å². The lowest BCUT2D eigenvalue weighted by Gasteiger charge is -2.08. The Hall–Kier alpha value is -1.40. The highest BCUT2D eigenvalue weighted by atomic mass is 79.9. The molecule has 110 valence electrons. The number of nitrogens with two attached hydrogens (primary N) is 1. The predicted octanol–water partition coefficient (Wildman–Crippen LogP) is 1.42. The molecule has 0 aromatic heterocycles. The van der Waals surface area contributed by atoms with Crippen molar-refractivity contribution in [1.82, 2.24) is 10.6 Å². The number of hydrogen-bond acceptors (Lipinski definition) is 3. The van der Waals surface area contributed by atoms with Crippen molar-refractivity contribution < 1.29 is 9.59 Å². The summed E-state index contributed by atoms with van der Waals surface area (Å²) < 4.78 is 0.919. The molecule has 1 aromatic rings. The molecule has 0 aliphatic heterocycles. The number of rotatable bonds is 7. The zero-order valence-corrected chi connectivity index (χ0v) is 13.1. The van der Waals surface area contributed by atoms with Crippen molar-refractivity contribution in [2.24, 2.45) is 5.73 Å². The van der Waals surface area contributed by atoms with Crippen molar-refractivity contribution in [1.29, 1.82) is 0 Å². The van der Waals surface area contributed by atoms with Crippen LogP contribution in [0.4, 0.5) is 0 Å². The third-order valence-electron chi connectivity index (χ3n) is 2.67. The average Bonchev–Trinajstić information content (AvgIpc) is 2.39. The van der Waals surface area contributed by atoms with Crippen molar-refractivity contribution >= 4 is 27.7 Å². The SMILES string of the molecule is CC(N)CCNC(=O)CCNC(=O)c1ccc(Br)cc1. The van der Waals surface area contributed by atoms with Gasteiger partial charge in [-0.05, 0) is 37.6 Å². The van der Waals surface area contributed by atoms with Crippen molar-refractivity contribution in [3.63, 3.8) is 0 Å². The van der Waals surface area contributed by atoms with Crippen LogP contribution in [-0.2, 0) is 4.79 Å².